The predicted octanol–water partition coefficient (Wildman–Crippen LogP) is 1.97. The molecule has 0 saturated carbocycles. The molecule has 0 bridgehead atoms. The van der Waals surface area contributed by atoms with Crippen molar-refractivity contribution in [2.45, 2.75) is 11.4 Å². The summed E-state index contributed by atoms with van der Waals surface area (Å²) in [6.07, 6.45) is 2.97. The van der Waals surface area contributed by atoms with Crippen LogP contribution in [0.2, 0.25) is 0 Å². The maximum atomic E-state index is 12.4. The molecule has 0 fully saturated rings. The molecule has 0 aliphatic carbocycles. The maximum Gasteiger partial charge on any atom is 0.244 e. The molecule has 5 nitrogen and oxygen atoms in total. The van der Waals surface area contributed by atoms with Gasteiger partial charge in [0.15, 0.2) is 0 Å². The lowest BCUT2D eigenvalue weighted by atomic mass is 10.2. The molecule has 2 aromatic rings. The Balaban J connectivity index is 2.34. The Hall–Kier alpha value is -2.10. The first kappa shape index (κ1) is 13.3. The third-order valence-electron chi connectivity index (χ3n) is 2.68. The van der Waals surface area contributed by atoms with Crippen LogP contribution in [0.4, 0.5) is 0 Å². The highest BCUT2D eigenvalue weighted by atomic mass is 32.2. The number of hydrogen-bond donors (Lipinski definition) is 0. The molecule has 0 radical (unpaired) electrons. The molecule has 2 rings (SSSR count). The Morgan fingerprint density at radius 3 is 2.68 bits per heavy atom. The van der Waals surface area contributed by atoms with Crippen LogP contribution in [-0.2, 0) is 16.6 Å². The van der Waals surface area contributed by atoms with Gasteiger partial charge in [-0.2, -0.15) is 9.57 Å². The van der Waals surface area contributed by atoms with Crippen LogP contribution in [0.3, 0.4) is 0 Å². The maximum absolute atomic E-state index is 12.4. The minimum absolute atomic E-state index is 0.0171. The van der Waals surface area contributed by atoms with Crippen LogP contribution in [0.15, 0.2) is 52.2 Å². The molecule has 6 heteroatoms. The van der Waals surface area contributed by atoms with E-state index in [9.17, 15) is 8.42 Å². The van der Waals surface area contributed by atoms with Gasteiger partial charge in [-0.1, -0.05) is 12.1 Å². The van der Waals surface area contributed by atoms with Gasteiger partial charge in [0.2, 0.25) is 10.0 Å². The van der Waals surface area contributed by atoms with Gasteiger partial charge in [0.25, 0.3) is 0 Å². The van der Waals surface area contributed by atoms with E-state index in [1.165, 1.54) is 36.0 Å². The monoisotopic (exact) mass is 276 g/mol. The lowest BCUT2D eigenvalue weighted by molar-refractivity contribution is 0.463. The smallest absolute Gasteiger partial charge is 0.244 e. The molecule has 0 atom stereocenters. The molecule has 98 valence electrons. The lowest BCUT2D eigenvalue weighted by Crippen LogP contribution is -2.27. The summed E-state index contributed by atoms with van der Waals surface area (Å²) in [7, 11) is -2.22. The minimum Gasteiger partial charge on any atom is -0.472 e. The van der Waals surface area contributed by atoms with Gasteiger partial charge in [-0.25, -0.2) is 8.42 Å². The van der Waals surface area contributed by atoms with E-state index in [4.69, 9.17) is 9.68 Å². The van der Waals surface area contributed by atoms with Crippen molar-refractivity contribution in [3.8, 4) is 6.07 Å². The SMILES string of the molecule is CN(Cc1ccoc1)S(=O)(=O)c1ccccc1C#N. The minimum atomic E-state index is -3.69. The fraction of sp³-hybridized carbons (Fsp3) is 0.154. The number of furan rings is 1. The van der Waals surface area contributed by atoms with E-state index < -0.39 is 10.0 Å². The van der Waals surface area contributed by atoms with Crippen molar-refractivity contribution < 1.29 is 12.8 Å². The van der Waals surface area contributed by atoms with Crippen molar-refractivity contribution in [3.63, 3.8) is 0 Å². The molecule has 0 unspecified atom stereocenters. The predicted molar refractivity (Wildman–Crippen MR) is 68.5 cm³/mol. The van der Waals surface area contributed by atoms with Crippen LogP contribution in [-0.4, -0.2) is 19.8 Å². The summed E-state index contributed by atoms with van der Waals surface area (Å²) >= 11 is 0. The van der Waals surface area contributed by atoms with Gasteiger partial charge in [-0.3, -0.25) is 0 Å². The zero-order valence-corrected chi connectivity index (χ0v) is 11.1. The van der Waals surface area contributed by atoms with E-state index in [1.54, 1.807) is 18.2 Å². The largest absolute Gasteiger partial charge is 0.472 e. The van der Waals surface area contributed by atoms with Gasteiger partial charge < -0.3 is 4.42 Å². The van der Waals surface area contributed by atoms with E-state index in [-0.39, 0.29) is 17.0 Å². The molecule has 0 spiro atoms. The second-order valence-corrected chi connectivity index (χ2v) is 6.01. The fourth-order valence-electron chi connectivity index (χ4n) is 1.68. The highest BCUT2D eigenvalue weighted by molar-refractivity contribution is 7.89. The van der Waals surface area contributed by atoms with Gasteiger partial charge in [-0.05, 0) is 18.2 Å². The fourth-order valence-corrected chi connectivity index (χ4v) is 2.97. The first-order valence-electron chi connectivity index (χ1n) is 5.52. The first-order valence-corrected chi connectivity index (χ1v) is 6.96. The van der Waals surface area contributed by atoms with E-state index in [0.717, 1.165) is 5.56 Å². The number of nitrogens with zero attached hydrogens (tertiary/aromatic N) is 2. The van der Waals surface area contributed by atoms with Crippen LogP contribution in [0, 0.1) is 11.3 Å². The summed E-state index contributed by atoms with van der Waals surface area (Å²) in [5.74, 6) is 0. The van der Waals surface area contributed by atoms with Crippen LogP contribution in [0.5, 0.6) is 0 Å². The normalized spacial score (nSPS) is 11.4. The number of benzene rings is 1. The summed E-state index contributed by atoms with van der Waals surface area (Å²) in [4.78, 5) is 0.0171. The quantitative estimate of drug-likeness (QED) is 0.855. The summed E-state index contributed by atoms with van der Waals surface area (Å²) in [6, 6.07) is 9.73. The second-order valence-electron chi connectivity index (χ2n) is 4.00. The molecule has 0 aliphatic heterocycles. The Morgan fingerprint density at radius 2 is 2.05 bits per heavy atom. The van der Waals surface area contributed by atoms with Gasteiger partial charge in [-0.15, -0.1) is 0 Å². The number of sulfonamides is 1. The summed E-state index contributed by atoms with van der Waals surface area (Å²) in [6.45, 7) is 0.193. The third-order valence-corrected chi connectivity index (χ3v) is 4.54. The zero-order valence-electron chi connectivity index (χ0n) is 10.3. The zero-order chi connectivity index (χ0) is 13.9. The molecule has 0 aliphatic rings. The van der Waals surface area contributed by atoms with Crippen LogP contribution < -0.4 is 0 Å². The summed E-state index contributed by atoms with van der Waals surface area (Å²) in [5, 5.41) is 8.97. The van der Waals surface area contributed by atoms with Crippen molar-refractivity contribution in [2.24, 2.45) is 0 Å². The van der Waals surface area contributed by atoms with Crippen LogP contribution >= 0.6 is 0 Å². The summed E-state index contributed by atoms with van der Waals surface area (Å²) in [5.41, 5.74) is 0.891. The van der Waals surface area contributed by atoms with Gasteiger partial charge in [0.05, 0.1) is 23.0 Å². The molecule has 0 amide bonds. The van der Waals surface area contributed by atoms with Crippen molar-refractivity contribution >= 4 is 10.0 Å². The van der Waals surface area contributed by atoms with Crippen molar-refractivity contribution in [1.29, 1.82) is 5.26 Å². The molecule has 1 heterocycles. The summed E-state index contributed by atoms with van der Waals surface area (Å²) < 4.78 is 30.9. The average molecular weight is 276 g/mol. The Bertz CT molecular complexity index is 700. The third kappa shape index (κ3) is 2.67. The highest BCUT2D eigenvalue weighted by Crippen LogP contribution is 2.20. The molecule has 1 aromatic carbocycles. The first-order chi connectivity index (χ1) is 9.05. The molecular weight excluding hydrogens is 264 g/mol. The Morgan fingerprint density at radius 1 is 1.32 bits per heavy atom. The molecule has 0 N–H and O–H groups in total. The topological polar surface area (TPSA) is 74.3 Å². The van der Waals surface area contributed by atoms with Crippen molar-refractivity contribution in [3.05, 3.63) is 54.0 Å². The average Bonchev–Trinajstić information content (AvgIpc) is 2.91. The number of rotatable bonds is 4. The van der Waals surface area contributed by atoms with Crippen LogP contribution in [0.25, 0.3) is 0 Å². The van der Waals surface area contributed by atoms with E-state index >= 15 is 0 Å². The lowest BCUT2D eigenvalue weighted by Gasteiger charge is -2.16. The molecule has 1 aromatic heterocycles. The van der Waals surface area contributed by atoms with Crippen molar-refractivity contribution in [1.82, 2.24) is 4.31 Å². The number of nitriles is 1. The molecular formula is C13H12N2O3S. The van der Waals surface area contributed by atoms with Gasteiger partial charge >= 0.3 is 0 Å². The molecule has 19 heavy (non-hydrogen) atoms. The van der Waals surface area contributed by atoms with Gasteiger partial charge in [0, 0.05) is 19.2 Å². The Kier molecular flexibility index (Phi) is 3.69. The van der Waals surface area contributed by atoms with E-state index in [2.05, 4.69) is 0 Å². The highest BCUT2D eigenvalue weighted by Gasteiger charge is 2.23. The van der Waals surface area contributed by atoms with E-state index in [1.807, 2.05) is 6.07 Å². The van der Waals surface area contributed by atoms with Crippen molar-refractivity contribution in [2.75, 3.05) is 7.05 Å². The van der Waals surface area contributed by atoms with Gasteiger partial charge in [0.1, 0.15) is 6.07 Å². The standard InChI is InChI=1S/C13H12N2O3S/c1-15(9-11-6-7-18-10-11)19(16,17)13-5-3-2-4-12(13)8-14/h2-7,10H,9H2,1H3. The second kappa shape index (κ2) is 5.26. The van der Waals surface area contributed by atoms with Crippen LogP contribution in [0.1, 0.15) is 11.1 Å². The molecule has 0 saturated heterocycles. The number of hydrogen-bond acceptors (Lipinski definition) is 4. The Labute approximate surface area is 111 Å². The van der Waals surface area contributed by atoms with E-state index in [0.29, 0.717) is 0 Å².